The van der Waals surface area contributed by atoms with Crippen molar-refractivity contribution in [2.45, 2.75) is 65.7 Å². The third-order valence-electron chi connectivity index (χ3n) is 7.43. The molecule has 2 fully saturated rings. The average molecular weight is 288 g/mol. The Morgan fingerprint density at radius 2 is 1.90 bits per heavy atom. The zero-order valence-electron chi connectivity index (χ0n) is 13.7. The van der Waals surface area contributed by atoms with E-state index < -0.39 is 0 Å². The number of esters is 1. The van der Waals surface area contributed by atoms with Gasteiger partial charge in [0.2, 0.25) is 0 Å². The number of fused-ring (bicyclic) bond motifs is 4. The fraction of sp³-hybridized carbons (Fsp3) is 0.842. The predicted octanol–water partition coefficient (Wildman–Crippen LogP) is 4.49. The van der Waals surface area contributed by atoms with E-state index in [1.54, 1.807) is 5.57 Å². The quantitative estimate of drug-likeness (QED) is 0.485. The Morgan fingerprint density at radius 3 is 2.71 bits per heavy atom. The molecule has 0 N–H and O–H groups in total. The maximum Gasteiger partial charge on any atom is 0.306 e. The van der Waals surface area contributed by atoms with Gasteiger partial charge in [0.05, 0.1) is 6.61 Å². The van der Waals surface area contributed by atoms with Crippen LogP contribution < -0.4 is 0 Å². The maximum absolute atomic E-state index is 11.7. The van der Waals surface area contributed by atoms with Crippen molar-refractivity contribution in [3.05, 3.63) is 11.1 Å². The normalized spacial score (nSPS) is 44.7. The number of carbonyl (C=O) groups is 1. The fourth-order valence-electron chi connectivity index (χ4n) is 6.07. The van der Waals surface area contributed by atoms with Crippen molar-refractivity contribution in [3.8, 4) is 0 Å². The van der Waals surface area contributed by atoms with Gasteiger partial charge in [0.15, 0.2) is 0 Å². The third-order valence-corrected chi connectivity index (χ3v) is 7.43. The van der Waals surface area contributed by atoms with Crippen LogP contribution in [-0.2, 0) is 9.53 Å². The Kier molecular flexibility index (Phi) is 2.88. The summed E-state index contributed by atoms with van der Waals surface area (Å²) < 4.78 is 5.50. The molecule has 0 unspecified atom stereocenters. The smallest absolute Gasteiger partial charge is 0.306 e. The van der Waals surface area contributed by atoms with E-state index >= 15 is 0 Å². The number of cyclic esters (lactones) is 1. The topological polar surface area (TPSA) is 26.3 Å². The lowest BCUT2D eigenvalue weighted by Gasteiger charge is -2.55. The first kappa shape index (κ1) is 13.8. The zero-order valence-corrected chi connectivity index (χ0v) is 13.7. The van der Waals surface area contributed by atoms with Gasteiger partial charge in [-0.3, -0.25) is 4.79 Å². The molecule has 1 saturated heterocycles. The molecule has 0 aromatic rings. The molecule has 3 aliphatic carbocycles. The summed E-state index contributed by atoms with van der Waals surface area (Å²) in [7, 11) is 0. The first-order valence-electron chi connectivity index (χ1n) is 8.80. The second kappa shape index (κ2) is 4.36. The largest absolute Gasteiger partial charge is 0.465 e. The fourth-order valence-corrected chi connectivity index (χ4v) is 6.07. The van der Waals surface area contributed by atoms with Crippen LogP contribution in [0.5, 0.6) is 0 Å². The number of carbonyl (C=O) groups excluding carboxylic acids is 1. The monoisotopic (exact) mass is 288 g/mol. The summed E-state index contributed by atoms with van der Waals surface area (Å²) in [4.78, 5) is 11.7. The highest BCUT2D eigenvalue weighted by atomic mass is 16.5. The van der Waals surface area contributed by atoms with Gasteiger partial charge in [0.25, 0.3) is 0 Å². The van der Waals surface area contributed by atoms with Crippen LogP contribution in [0.25, 0.3) is 0 Å². The first-order chi connectivity index (χ1) is 9.92. The van der Waals surface area contributed by atoms with Gasteiger partial charge >= 0.3 is 5.97 Å². The molecule has 2 heteroatoms. The van der Waals surface area contributed by atoms with E-state index in [1.807, 2.05) is 5.57 Å². The molecule has 21 heavy (non-hydrogen) atoms. The number of hydrogen-bond acceptors (Lipinski definition) is 2. The van der Waals surface area contributed by atoms with Crippen molar-refractivity contribution >= 4 is 5.97 Å². The summed E-state index contributed by atoms with van der Waals surface area (Å²) in [5, 5.41) is 0. The van der Waals surface area contributed by atoms with Gasteiger partial charge in [-0.1, -0.05) is 31.9 Å². The van der Waals surface area contributed by atoms with Gasteiger partial charge in [-0.2, -0.15) is 0 Å². The molecule has 4 aliphatic rings. The first-order valence-corrected chi connectivity index (χ1v) is 8.80. The van der Waals surface area contributed by atoms with Crippen LogP contribution in [0.4, 0.5) is 0 Å². The van der Waals surface area contributed by atoms with Crippen molar-refractivity contribution in [1.82, 2.24) is 0 Å². The molecule has 2 nitrogen and oxygen atoms in total. The van der Waals surface area contributed by atoms with Gasteiger partial charge in [-0.25, -0.2) is 0 Å². The Balaban J connectivity index is 1.68. The van der Waals surface area contributed by atoms with Gasteiger partial charge in [-0.05, 0) is 61.7 Å². The summed E-state index contributed by atoms with van der Waals surface area (Å²) in [5.74, 6) is 2.13. The van der Waals surface area contributed by atoms with Crippen molar-refractivity contribution < 1.29 is 9.53 Å². The maximum atomic E-state index is 11.7. The lowest BCUT2D eigenvalue weighted by atomic mass is 9.51. The highest BCUT2D eigenvalue weighted by molar-refractivity contribution is 5.70. The van der Waals surface area contributed by atoms with E-state index in [2.05, 4.69) is 20.8 Å². The minimum absolute atomic E-state index is 0.0358. The lowest BCUT2D eigenvalue weighted by molar-refractivity contribution is -0.170. The SMILES string of the molecule is CC1(C)CCC2=C1CC[C@H]1[C@H]2CC[C@H]2CC(=O)OC[C@@]21C. The van der Waals surface area contributed by atoms with Crippen LogP contribution >= 0.6 is 0 Å². The second-order valence-electron chi connectivity index (χ2n) is 8.78. The van der Waals surface area contributed by atoms with Gasteiger partial charge in [0.1, 0.15) is 0 Å². The number of rotatable bonds is 0. The van der Waals surface area contributed by atoms with Crippen LogP contribution in [0, 0.1) is 28.6 Å². The molecule has 4 atom stereocenters. The van der Waals surface area contributed by atoms with Crippen molar-refractivity contribution in [2.24, 2.45) is 28.6 Å². The number of ether oxygens (including phenoxy) is 1. The molecule has 116 valence electrons. The molecule has 0 aromatic heterocycles. The predicted molar refractivity (Wildman–Crippen MR) is 82.7 cm³/mol. The second-order valence-corrected chi connectivity index (χ2v) is 8.78. The van der Waals surface area contributed by atoms with Crippen LogP contribution in [0.15, 0.2) is 11.1 Å². The Bertz CT molecular complexity index is 516. The Labute approximate surface area is 128 Å². The molecule has 1 aliphatic heterocycles. The Morgan fingerprint density at radius 1 is 1.10 bits per heavy atom. The molecule has 0 aromatic carbocycles. The molecule has 0 bridgehead atoms. The summed E-state index contributed by atoms with van der Waals surface area (Å²) >= 11 is 0. The standard InChI is InChI=1S/C19H28O2/c1-18(2)9-8-14-13-5-4-12-10-17(20)21-11-19(12,3)16(13)7-6-15(14)18/h12-13,16H,4-11H2,1-3H3/t12-,13-,16-,19-/m0/s1. The van der Waals surface area contributed by atoms with Crippen molar-refractivity contribution in [2.75, 3.05) is 6.61 Å². The summed E-state index contributed by atoms with van der Waals surface area (Å²) in [6.07, 6.45) is 8.48. The molecule has 0 radical (unpaired) electrons. The van der Waals surface area contributed by atoms with Crippen LogP contribution in [0.2, 0.25) is 0 Å². The number of hydrogen-bond donors (Lipinski definition) is 0. The van der Waals surface area contributed by atoms with Gasteiger partial charge < -0.3 is 4.74 Å². The van der Waals surface area contributed by atoms with Crippen molar-refractivity contribution in [1.29, 1.82) is 0 Å². The van der Waals surface area contributed by atoms with Crippen LogP contribution in [0.1, 0.15) is 65.7 Å². The van der Waals surface area contributed by atoms with E-state index in [0.717, 1.165) is 11.8 Å². The third kappa shape index (κ3) is 1.87. The highest BCUT2D eigenvalue weighted by Gasteiger charge is 2.54. The van der Waals surface area contributed by atoms with Crippen LogP contribution in [-0.4, -0.2) is 12.6 Å². The lowest BCUT2D eigenvalue weighted by Crippen LogP contribution is -2.51. The summed E-state index contributed by atoms with van der Waals surface area (Å²) in [6, 6.07) is 0. The minimum atomic E-state index is 0.0358. The van der Waals surface area contributed by atoms with E-state index in [1.165, 1.54) is 38.5 Å². The zero-order chi connectivity index (χ0) is 14.8. The minimum Gasteiger partial charge on any atom is -0.465 e. The van der Waals surface area contributed by atoms with Gasteiger partial charge in [-0.15, -0.1) is 0 Å². The Hall–Kier alpha value is -0.790. The van der Waals surface area contributed by atoms with E-state index in [9.17, 15) is 4.79 Å². The highest BCUT2D eigenvalue weighted by Crippen LogP contribution is 2.61. The summed E-state index contributed by atoms with van der Waals surface area (Å²) in [5.41, 5.74) is 4.28. The van der Waals surface area contributed by atoms with Gasteiger partial charge in [0, 0.05) is 11.8 Å². The molecule has 0 amide bonds. The molecular formula is C19H28O2. The molecule has 4 rings (SSSR count). The molecule has 1 heterocycles. The van der Waals surface area contributed by atoms with E-state index in [4.69, 9.17) is 4.74 Å². The van der Waals surface area contributed by atoms with E-state index in [-0.39, 0.29) is 11.4 Å². The average Bonchev–Trinajstić information content (AvgIpc) is 2.76. The van der Waals surface area contributed by atoms with Crippen LogP contribution in [0.3, 0.4) is 0 Å². The molecular weight excluding hydrogens is 260 g/mol. The van der Waals surface area contributed by atoms with E-state index in [0.29, 0.717) is 24.4 Å². The molecule has 1 saturated carbocycles. The number of allylic oxidation sites excluding steroid dienone is 2. The summed E-state index contributed by atoms with van der Waals surface area (Å²) in [6.45, 7) is 7.95. The van der Waals surface area contributed by atoms with Crippen molar-refractivity contribution in [3.63, 3.8) is 0 Å². The molecule has 0 spiro atoms.